The standard InChI is InChI=1S/C16H11BrN2O/c17-9-5-6-11-12(7-9)15(19-16(11)20)13-8-18-14-4-2-1-3-10(13)14/h1-8,15,18H,(H,19,20). The second-order valence-corrected chi connectivity index (χ2v) is 5.84. The van der Waals surface area contributed by atoms with E-state index < -0.39 is 0 Å². The molecule has 0 aliphatic carbocycles. The maximum atomic E-state index is 12.1. The van der Waals surface area contributed by atoms with Crippen LogP contribution in [0.4, 0.5) is 0 Å². The van der Waals surface area contributed by atoms with E-state index in [1.54, 1.807) is 0 Å². The second-order valence-electron chi connectivity index (χ2n) is 4.93. The Morgan fingerprint density at radius 1 is 1.05 bits per heavy atom. The predicted octanol–water partition coefficient (Wildman–Crippen LogP) is 3.76. The zero-order chi connectivity index (χ0) is 13.7. The van der Waals surface area contributed by atoms with Gasteiger partial charge in [-0.1, -0.05) is 34.1 Å². The third kappa shape index (κ3) is 1.61. The lowest BCUT2D eigenvalue weighted by atomic mass is 9.98. The summed E-state index contributed by atoms with van der Waals surface area (Å²) in [4.78, 5) is 15.3. The molecule has 2 N–H and O–H groups in total. The molecule has 1 aliphatic rings. The Morgan fingerprint density at radius 3 is 2.80 bits per heavy atom. The van der Waals surface area contributed by atoms with E-state index in [1.807, 2.05) is 42.6 Å². The van der Waals surface area contributed by atoms with Crippen LogP contribution in [-0.2, 0) is 0 Å². The number of fused-ring (bicyclic) bond motifs is 2. The summed E-state index contributed by atoms with van der Waals surface area (Å²) in [6.45, 7) is 0. The quantitative estimate of drug-likeness (QED) is 0.702. The summed E-state index contributed by atoms with van der Waals surface area (Å²) in [5, 5.41) is 4.21. The van der Waals surface area contributed by atoms with Crippen LogP contribution in [0, 0.1) is 0 Å². The van der Waals surface area contributed by atoms with Crippen molar-refractivity contribution in [1.82, 2.24) is 10.3 Å². The number of halogens is 1. The summed E-state index contributed by atoms with van der Waals surface area (Å²) in [5.74, 6) is -0.0113. The number of nitrogens with one attached hydrogen (secondary N) is 2. The van der Waals surface area contributed by atoms with Gasteiger partial charge in [0.05, 0.1) is 6.04 Å². The highest BCUT2D eigenvalue weighted by Gasteiger charge is 2.31. The molecule has 0 saturated carbocycles. The van der Waals surface area contributed by atoms with Crippen molar-refractivity contribution in [2.45, 2.75) is 6.04 Å². The fourth-order valence-corrected chi connectivity index (χ4v) is 3.22. The molecule has 20 heavy (non-hydrogen) atoms. The van der Waals surface area contributed by atoms with Gasteiger partial charge in [-0.15, -0.1) is 0 Å². The highest BCUT2D eigenvalue weighted by atomic mass is 79.9. The van der Waals surface area contributed by atoms with Crippen LogP contribution in [-0.4, -0.2) is 10.9 Å². The molecule has 0 fully saturated rings. The van der Waals surface area contributed by atoms with Crippen molar-refractivity contribution in [3.8, 4) is 0 Å². The van der Waals surface area contributed by atoms with Gasteiger partial charge in [0.2, 0.25) is 0 Å². The molecule has 3 aromatic rings. The van der Waals surface area contributed by atoms with Crippen LogP contribution in [0.3, 0.4) is 0 Å². The van der Waals surface area contributed by atoms with Gasteiger partial charge in [-0.3, -0.25) is 4.79 Å². The Labute approximate surface area is 124 Å². The van der Waals surface area contributed by atoms with Gasteiger partial charge in [-0.05, 0) is 29.8 Å². The summed E-state index contributed by atoms with van der Waals surface area (Å²) < 4.78 is 0.984. The zero-order valence-corrected chi connectivity index (χ0v) is 12.1. The van der Waals surface area contributed by atoms with E-state index in [2.05, 4.69) is 32.3 Å². The molecule has 1 atom stereocenters. The lowest BCUT2D eigenvalue weighted by molar-refractivity contribution is 0.0960. The Morgan fingerprint density at radius 2 is 1.90 bits per heavy atom. The highest BCUT2D eigenvalue weighted by Crippen LogP contribution is 2.35. The summed E-state index contributed by atoms with van der Waals surface area (Å²) in [6, 6.07) is 13.8. The molecule has 0 radical (unpaired) electrons. The van der Waals surface area contributed by atoms with Crippen LogP contribution in [0.1, 0.15) is 27.5 Å². The maximum absolute atomic E-state index is 12.1. The average Bonchev–Trinajstić information content (AvgIpc) is 3.00. The summed E-state index contributed by atoms with van der Waals surface area (Å²) in [7, 11) is 0. The largest absolute Gasteiger partial charge is 0.361 e. The lowest BCUT2D eigenvalue weighted by Crippen LogP contribution is -2.19. The molecule has 1 aromatic heterocycles. The first-order valence-corrected chi connectivity index (χ1v) is 7.19. The Balaban J connectivity index is 1.93. The number of H-pyrrole nitrogens is 1. The number of benzene rings is 2. The minimum absolute atomic E-state index is 0.0113. The van der Waals surface area contributed by atoms with Crippen molar-refractivity contribution in [3.63, 3.8) is 0 Å². The number of para-hydroxylation sites is 1. The van der Waals surface area contributed by atoms with E-state index >= 15 is 0 Å². The number of carbonyl (C=O) groups is 1. The number of aromatic nitrogens is 1. The fourth-order valence-electron chi connectivity index (χ4n) is 2.84. The van der Waals surface area contributed by atoms with Crippen LogP contribution in [0.25, 0.3) is 10.9 Å². The van der Waals surface area contributed by atoms with E-state index in [0.29, 0.717) is 0 Å². The topological polar surface area (TPSA) is 44.9 Å². The Bertz CT molecular complexity index is 837. The first-order valence-electron chi connectivity index (χ1n) is 6.40. The van der Waals surface area contributed by atoms with Crippen LogP contribution < -0.4 is 5.32 Å². The van der Waals surface area contributed by atoms with Gasteiger partial charge >= 0.3 is 0 Å². The van der Waals surface area contributed by atoms with Gasteiger partial charge in [-0.25, -0.2) is 0 Å². The van der Waals surface area contributed by atoms with Crippen molar-refractivity contribution in [2.24, 2.45) is 0 Å². The number of carbonyl (C=O) groups excluding carboxylic acids is 1. The van der Waals surface area contributed by atoms with E-state index in [0.717, 1.165) is 32.1 Å². The van der Waals surface area contributed by atoms with Crippen LogP contribution >= 0.6 is 15.9 Å². The molecule has 0 spiro atoms. The normalized spacial score (nSPS) is 17.2. The van der Waals surface area contributed by atoms with E-state index in [1.165, 1.54) is 0 Å². The van der Waals surface area contributed by atoms with Crippen molar-refractivity contribution in [2.75, 3.05) is 0 Å². The molecule has 1 amide bonds. The molecule has 1 aliphatic heterocycles. The third-order valence-corrected chi connectivity index (χ3v) is 4.27. The van der Waals surface area contributed by atoms with Gasteiger partial charge in [0.15, 0.2) is 0 Å². The number of hydrogen-bond donors (Lipinski definition) is 2. The smallest absolute Gasteiger partial charge is 0.252 e. The Kier molecular flexibility index (Phi) is 2.47. The van der Waals surface area contributed by atoms with E-state index in [4.69, 9.17) is 0 Å². The minimum Gasteiger partial charge on any atom is -0.361 e. The first-order chi connectivity index (χ1) is 9.74. The molecule has 3 nitrogen and oxygen atoms in total. The molecule has 0 saturated heterocycles. The average molecular weight is 327 g/mol. The second kappa shape index (κ2) is 4.21. The van der Waals surface area contributed by atoms with Crippen molar-refractivity contribution >= 4 is 32.7 Å². The van der Waals surface area contributed by atoms with Gasteiger partial charge in [0.1, 0.15) is 0 Å². The molecule has 1 unspecified atom stereocenters. The van der Waals surface area contributed by atoms with Gasteiger partial charge in [0, 0.05) is 32.7 Å². The fraction of sp³-hybridized carbons (Fsp3) is 0.0625. The molecular weight excluding hydrogens is 316 g/mol. The SMILES string of the molecule is O=C1NC(c2c[nH]c3ccccc23)c2cc(Br)ccc21. The van der Waals surface area contributed by atoms with Gasteiger partial charge in [0.25, 0.3) is 5.91 Å². The maximum Gasteiger partial charge on any atom is 0.252 e. The van der Waals surface area contributed by atoms with E-state index in [-0.39, 0.29) is 11.9 Å². The Hall–Kier alpha value is -2.07. The molecule has 0 bridgehead atoms. The summed E-state index contributed by atoms with van der Waals surface area (Å²) in [5.41, 5.74) is 3.96. The van der Waals surface area contributed by atoms with Crippen molar-refractivity contribution < 1.29 is 4.79 Å². The molecule has 4 rings (SSSR count). The summed E-state index contributed by atoms with van der Waals surface area (Å²) in [6.07, 6.45) is 1.98. The molecule has 98 valence electrons. The molecule has 2 aromatic carbocycles. The molecule has 4 heteroatoms. The monoisotopic (exact) mass is 326 g/mol. The van der Waals surface area contributed by atoms with Gasteiger partial charge in [-0.2, -0.15) is 0 Å². The molecule has 2 heterocycles. The number of aromatic amines is 1. The van der Waals surface area contributed by atoms with E-state index in [9.17, 15) is 4.79 Å². The number of hydrogen-bond acceptors (Lipinski definition) is 1. The lowest BCUT2D eigenvalue weighted by Gasteiger charge is -2.11. The first kappa shape index (κ1) is 11.7. The van der Waals surface area contributed by atoms with Crippen LogP contribution in [0.5, 0.6) is 0 Å². The molecular formula is C16H11BrN2O. The zero-order valence-electron chi connectivity index (χ0n) is 10.5. The number of rotatable bonds is 1. The van der Waals surface area contributed by atoms with Crippen LogP contribution in [0.15, 0.2) is 53.1 Å². The number of amides is 1. The third-order valence-electron chi connectivity index (χ3n) is 3.78. The highest BCUT2D eigenvalue weighted by molar-refractivity contribution is 9.10. The van der Waals surface area contributed by atoms with Gasteiger partial charge < -0.3 is 10.3 Å². The summed E-state index contributed by atoms with van der Waals surface area (Å²) >= 11 is 3.48. The van der Waals surface area contributed by atoms with Crippen LogP contribution in [0.2, 0.25) is 0 Å². The van der Waals surface area contributed by atoms with Crippen molar-refractivity contribution in [1.29, 1.82) is 0 Å². The van der Waals surface area contributed by atoms with Crippen molar-refractivity contribution in [3.05, 3.63) is 69.8 Å². The predicted molar refractivity (Wildman–Crippen MR) is 81.7 cm³/mol. The minimum atomic E-state index is -0.0915.